The summed E-state index contributed by atoms with van der Waals surface area (Å²) in [5.41, 5.74) is 4.84. The highest BCUT2D eigenvalue weighted by Gasteiger charge is 2.31. The first kappa shape index (κ1) is 15.8. The van der Waals surface area contributed by atoms with E-state index in [1.807, 2.05) is 13.8 Å². The maximum Gasteiger partial charge on any atom is 0.416 e. The van der Waals surface area contributed by atoms with Crippen LogP contribution in [0.25, 0.3) is 0 Å². The van der Waals surface area contributed by atoms with E-state index in [1.165, 1.54) is 0 Å². The number of benzene rings is 1. The molecule has 0 saturated heterocycles. The number of nitrogens with two attached hydrogens (primary N) is 1. The summed E-state index contributed by atoms with van der Waals surface area (Å²) < 4.78 is 50.5. The number of rotatable bonds is 5. The fourth-order valence-corrected chi connectivity index (χ4v) is 1.76. The predicted octanol–water partition coefficient (Wildman–Crippen LogP) is 3.63. The number of nitrogens with one attached hydrogen (secondary N) is 1. The van der Waals surface area contributed by atoms with E-state index in [0.717, 1.165) is 18.6 Å². The molecule has 0 heterocycles. The lowest BCUT2D eigenvalue weighted by Crippen LogP contribution is -2.30. The lowest BCUT2D eigenvalue weighted by molar-refractivity contribution is -0.137. The largest absolute Gasteiger partial charge is 0.416 e. The van der Waals surface area contributed by atoms with Gasteiger partial charge in [-0.3, -0.25) is 0 Å². The van der Waals surface area contributed by atoms with Crippen molar-refractivity contribution in [3.63, 3.8) is 0 Å². The van der Waals surface area contributed by atoms with Gasteiger partial charge in [-0.05, 0) is 30.5 Å². The van der Waals surface area contributed by atoms with E-state index in [4.69, 9.17) is 5.73 Å². The molecule has 2 nitrogen and oxygen atoms in total. The average molecular weight is 278 g/mol. The molecular formula is C13H18F4N2. The van der Waals surface area contributed by atoms with Crippen LogP contribution in [0.15, 0.2) is 18.2 Å². The highest BCUT2D eigenvalue weighted by Crippen LogP contribution is 2.31. The van der Waals surface area contributed by atoms with Gasteiger partial charge in [0.15, 0.2) is 0 Å². The lowest BCUT2D eigenvalue weighted by Gasteiger charge is -2.16. The molecule has 0 saturated carbocycles. The van der Waals surface area contributed by atoms with Gasteiger partial charge in [0.2, 0.25) is 0 Å². The SMILES string of the molecule is CC(C)CC(N)CNc1ccc(C(F)(F)F)cc1F. The minimum absolute atomic E-state index is 0.0345. The van der Waals surface area contributed by atoms with E-state index in [-0.39, 0.29) is 11.7 Å². The molecule has 1 aromatic carbocycles. The lowest BCUT2D eigenvalue weighted by atomic mass is 10.0. The van der Waals surface area contributed by atoms with Gasteiger partial charge in [0.1, 0.15) is 5.82 Å². The van der Waals surface area contributed by atoms with Gasteiger partial charge in [0.05, 0.1) is 11.3 Å². The number of hydrogen-bond acceptors (Lipinski definition) is 2. The Kier molecular flexibility index (Phi) is 5.17. The molecule has 0 spiro atoms. The summed E-state index contributed by atoms with van der Waals surface area (Å²) in [6.45, 7) is 4.34. The molecule has 108 valence electrons. The Morgan fingerprint density at radius 2 is 1.89 bits per heavy atom. The predicted molar refractivity (Wildman–Crippen MR) is 67.3 cm³/mol. The molecule has 3 N–H and O–H groups in total. The molecular weight excluding hydrogens is 260 g/mol. The van der Waals surface area contributed by atoms with Crippen molar-refractivity contribution in [2.45, 2.75) is 32.5 Å². The molecule has 1 atom stereocenters. The third-order valence-electron chi connectivity index (χ3n) is 2.63. The summed E-state index contributed by atoms with van der Waals surface area (Å²) in [5.74, 6) is -0.513. The summed E-state index contributed by atoms with van der Waals surface area (Å²) >= 11 is 0. The highest BCUT2D eigenvalue weighted by molar-refractivity contribution is 5.47. The molecule has 0 amide bonds. The molecule has 0 aliphatic carbocycles. The van der Waals surface area contributed by atoms with E-state index in [0.29, 0.717) is 18.5 Å². The van der Waals surface area contributed by atoms with Crippen molar-refractivity contribution in [2.75, 3.05) is 11.9 Å². The minimum atomic E-state index is -4.53. The summed E-state index contributed by atoms with van der Waals surface area (Å²) in [4.78, 5) is 0. The molecule has 0 bridgehead atoms. The van der Waals surface area contributed by atoms with Gasteiger partial charge in [0, 0.05) is 12.6 Å². The van der Waals surface area contributed by atoms with Gasteiger partial charge in [0.25, 0.3) is 0 Å². The van der Waals surface area contributed by atoms with Gasteiger partial charge in [-0.15, -0.1) is 0 Å². The van der Waals surface area contributed by atoms with E-state index in [2.05, 4.69) is 5.32 Å². The van der Waals surface area contributed by atoms with E-state index >= 15 is 0 Å². The number of alkyl halides is 3. The Balaban J connectivity index is 2.66. The summed E-state index contributed by atoms with van der Waals surface area (Å²) in [6, 6.07) is 2.25. The second-order valence-electron chi connectivity index (χ2n) is 4.96. The van der Waals surface area contributed by atoms with Crippen molar-refractivity contribution in [2.24, 2.45) is 11.7 Å². The van der Waals surface area contributed by atoms with Crippen LogP contribution in [-0.2, 0) is 6.18 Å². The van der Waals surface area contributed by atoms with Gasteiger partial charge >= 0.3 is 6.18 Å². The zero-order valence-electron chi connectivity index (χ0n) is 10.9. The maximum atomic E-state index is 13.5. The van der Waals surface area contributed by atoms with Crippen LogP contribution in [0.2, 0.25) is 0 Å². The molecule has 19 heavy (non-hydrogen) atoms. The monoisotopic (exact) mass is 278 g/mol. The first-order chi connectivity index (χ1) is 8.70. The van der Waals surface area contributed by atoms with Crippen LogP contribution in [0.1, 0.15) is 25.8 Å². The topological polar surface area (TPSA) is 38.0 Å². The highest BCUT2D eigenvalue weighted by atomic mass is 19.4. The Labute approximate surface area is 110 Å². The molecule has 0 aliphatic heterocycles. The van der Waals surface area contributed by atoms with Crippen molar-refractivity contribution in [3.05, 3.63) is 29.6 Å². The second-order valence-corrected chi connectivity index (χ2v) is 4.96. The normalized spacial score (nSPS) is 13.7. The molecule has 6 heteroatoms. The van der Waals surface area contributed by atoms with Gasteiger partial charge in [-0.2, -0.15) is 13.2 Å². The molecule has 1 rings (SSSR count). The van der Waals surface area contributed by atoms with Crippen LogP contribution in [0.4, 0.5) is 23.2 Å². The van der Waals surface area contributed by atoms with E-state index in [1.54, 1.807) is 0 Å². The summed E-state index contributed by atoms with van der Waals surface area (Å²) in [5, 5.41) is 2.73. The first-order valence-corrected chi connectivity index (χ1v) is 6.06. The molecule has 0 aliphatic rings. The smallest absolute Gasteiger partial charge is 0.381 e. The van der Waals surface area contributed by atoms with Crippen LogP contribution >= 0.6 is 0 Å². The third-order valence-corrected chi connectivity index (χ3v) is 2.63. The van der Waals surface area contributed by atoms with Crippen molar-refractivity contribution >= 4 is 5.69 Å². The standard InChI is InChI=1S/C13H18F4N2/c1-8(2)5-10(18)7-19-12-4-3-9(6-11(12)14)13(15,16)17/h3-4,6,8,10,19H,5,7,18H2,1-2H3. The zero-order chi connectivity index (χ0) is 14.6. The Morgan fingerprint density at radius 1 is 1.26 bits per heavy atom. The van der Waals surface area contributed by atoms with Gasteiger partial charge < -0.3 is 11.1 Å². The Hall–Kier alpha value is -1.30. The maximum absolute atomic E-state index is 13.5. The summed E-state index contributed by atoms with van der Waals surface area (Å²) in [7, 11) is 0. The summed E-state index contributed by atoms with van der Waals surface area (Å²) in [6.07, 6.45) is -3.78. The quantitative estimate of drug-likeness (QED) is 0.807. The molecule has 0 aromatic heterocycles. The number of halogens is 4. The minimum Gasteiger partial charge on any atom is -0.381 e. The van der Waals surface area contributed by atoms with Gasteiger partial charge in [-0.25, -0.2) is 4.39 Å². The molecule has 1 aromatic rings. The van der Waals surface area contributed by atoms with Crippen LogP contribution in [0.5, 0.6) is 0 Å². The third kappa shape index (κ3) is 5.06. The number of hydrogen-bond donors (Lipinski definition) is 2. The number of anilines is 1. The van der Waals surface area contributed by atoms with Crippen LogP contribution in [0, 0.1) is 11.7 Å². The van der Waals surface area contributed by atoms with E-state index < -0.39 is 17.6 Å². The van der Waals surface area contributed by atoms with Gasteiger partial charge in [-0.1, -0.05) is 13.8 Å². The fraction of sp³-hybridized carbons (Fsp3) is 0.538. The molecule has 0 radical (unpaired) electrons. The van der Waals surface area contributed by atoms with Crippen LogP contribution in [0.3, 0.4) is 0 Å². The fourth-order valence-electron chi connectivity index (χ4n) is 1.76. The van der Waals surface area contributed by atoms with Crippen molar-refractivity contribution in [1.82, 2.24) is 0 Å². The Bertz CT molecular complexity index is 416. The van der Waals surface area contributed by atoms with Crippen LogP contribution in [-0.4, -0.2) is 12.6 Å². The zero-order valence-corrected chi connectivity index (χ0v) is 10.9. The van der Waals surface area contributed by atoms with Crippen molar-refractivity contribution < 1.29 is 17.6 Å². The molecule has 1 unspecified atom stereocenters. The molecule has 0 fully saturated rings. The second kappa shape index (κ2) is 6.23. The average Bonchev–Trinajstić information content (AvgIpc) is 2.25. The van der Waals surface area contributed by atoms with Crippen molar-refractivity contribution in [1.29, 1.82) is 0 Å². The Morgan fingerprint density at radius 3 is 2.37 bits per heavy atom. The first-order valence-electron chi connectivity index (χ1n) is 6.06. The van der Waals surface area contributed by atoms with Crippen LogP contribution < -0.4 is 11.1 Å². The van der Waals surface area contributed by atoms with E-state index in [9.17, 15) is 17.6 Å². The van der Waals surface area contributed by atoms with Crippen molar-refractivity contribution in [3.8, 4) is 0 Å².